The van der Waals surface area contributed by atoms with Gasteiger partial charge in [0.1, 0.15) is 5.75 Å². The summed E-state index contributed by atoms with van der Waals surface area (Å²) in [5.74, 6) is 1.29. The van der Waals surface area contributed by atoms with Crippen molar-refractivity contribution in [2.24, 2.45) is 0 Å². The Morgan fingerprint density at radius 3 is 2.17 bits per heavy atom. The van der Waals surface area contributed by atoms with Gasteiger partial charge in [-0.3, -0.25) is 0 Å². The zero-order chi connectivity index (χ0) is 24.9. The fourth-order valence-electron chi connectivity index (χ4n) is 4.73. The standard InChI is InChI=1S/C32H44O3/c1-4-6-8-9-11-25(3)35-32(33)30-18-16-28(17-19-30)26-12-14-27(15-13-26)29-20-22-31(23-21-29)34-24-10-7-5-2/h12-15,18,20-23,25,28H,4-11,16-17,19,24H2,1-3H3. The van der Waals surface area contributed by atoms with Gasteiger partial charge >= 0.3 is 5.97 Å². The van der Waals surface area contributed by atoms with Crippen LogP contribution in [-0.2, 0) is 9.53 Å². The molecule has 3 nitrogen and oxygen atoms in total. The number of benzene rings is 2. The number of hydrogen-bond acceptors (Lipinski definition) is 3. The van der Waals surface area contributed by atoms with Crippen LogP contribution in [0, 0.1) is 0 Å². The third-order valence-corrected chi connectivity index (χ3v) is 7.03. The SMILES string of the molecule is CCCCCCC(C)OC(=O)C1=CCC(c2ccc(-c3ccc(OCCCCC)cc3)cc2)CC1. The molecule has 1 aliphatic rings. The van der Waals surface area contributed by atoms with Crippen LogP contribution in [0.5, 0.6) is 5.75 Å². The van der Waals surface area contributed by atoms with E-state index in [2.05, 4.69) is 68.5 Å². The van der Waals surface area contributed by atoms with Gasteiger partial charge in [0.25, 0.3) is 0 Å². The molecule has 0 amide bonds. The molecule has 0 heterocycles. The van der Waals surface area contributed by atoms with Gasteiger partial charge in [0, 0.05) is 5.57 Å². The van der Waals surface area contributed by atoms with E-state index in [0.717, 1.165) is 56.5 Å². The van der Waals surface area contributed by atoms with Crippen LogP contribution in [0.25, 0.3) is 11.1 Å². The summed E-state index contributed by atoms with van der Waals surface area (Å²) in [5.41, 5.74) is 4.62. The lowest BCUT2D eigenvalue weighted by molar-refractivity contribution is -0.144. The molecule has 3 rings (SSSR count). The van der Waals surface area contributed by atoms with E-state index in [0.29, 0.717) is 5.92 Å². The van der Waals surface area contributed by atoms with Crippen molar-refractivity contribution in [3.63, 3.8) is 0 Å². The summed E-state index contributed by atoms with van der Waals surface area (Å²) >= 11 is 0. The predicted molar refractivity (Wildman–Crippen MR) is 146 cm³/mol. The summed E-state index contributed by atoms with van der Waals surface area (Å²) in [4.78, 5) is 12.6. The first-order valence-corrected chi connectivity index (χ1v) is 13.8. The lowest BCUT2D eigenvalue weighted by Crippen LogP contribution is -2.18. The van der Waals surface area contributed by atoms with Crippen LogP contribution in [0.2, 0.25) is 0 Å². The third-order valence-electron chi connectivity index (χ3n) is 7.03. The van der Waals surface area contributed by atoms with E-state index in [4.69, 9.17) is 9.47 Å². The van der Waals surface area contributed by atoms with Crippen molar-refractivity contribution >= 4 is 5.97 Å². The molecule has 0 bridgehead atoms. The Bertz CT molecular complexity index is 911. The highest BCUT2D eigenvalue weighted by atomic mass is 16.5. The molecule has 0 saturated carbocycles. The predicted octanol–water partition coefficient (Wildman–Crippen LogP) is 9.02. The van der Waals surface area contributed by atoms with Crippen LogP contribution in [0.4, 0.5) is 0 Å². The molecule has 0 radical (unpaired) electrons. The minimum atomic E-state index is -0.112. The van der Waals surface area contributed by atoms with Gasteiger partial charge in [-0.2, -0.15) is 0 Å². The highest BCUT2D eigenvalue weighted by molar-refractivity contribution is 5.88. The number of rotatable bonds is 14. The van der Waals surface area contributed by atoms with Crippen LogP contribution in [-0.4, -0.2) is 18.7 Å². The monoisotopic (exact) mass is 476 g/mol. The van der Waals surface area contributed by atoms with E-state index < -0.39 is 0 Å². The molecule has 0 aliphatic heterocycles. The van der Waals surface area contributed by atoms with E-state index in [-0.39, 0.29) is 12.1 Å². The molecule has 2 aromatic rings. The fraction of sp³-hybridized carbons (Fsp3) is 0.531. The van der Waals surface area contributed by atoms with Crippen molar-refractivity contribution in [1.82, 2.24) is 0 Å². The number of unbranched alkanes of at least 4 members (excludes halogenated alkanes) is 5. The van der Waals surface area contributed by atoms with Gasteiger partial charge in [0.15, 0.2) is 0 Å². The van der Waals surface area contributed by atoms with E-state index >= 15 is 0 Å². The average molecular weight is 477 g/mol. The second kappa shape index (κ2) is 14.8. The van der Waals surface area contributed by atoms with Gasteiger partial charge < -0.3 is 9.47 Å². The Hall–Kier alpha value is -2.55. The van der Waals surface area contributed by atoms with Crippen molar-refractivity contribution in [3.05, 3.63) is 65.7 Å². The first-order chi connectivity index (χ1) is 17.1. The number of esters is 1. The van der Waals surface area contributed by atoms with Crippen LogP contribution in [0.1, 0.15) is 103 Å². The molecule has 3 heteroatoms. The largest absolute Gasteiger partial charge is 0.494 e. The van der Waals surface area contributed by atoms with E-state index in [1.807, 2.05) is 6.92 Å². The van der Waals surface area contributed by atoms with Crippen LogP contribution in [0.15, 0.2) is 60.2 Å². The molecule has 35 heavy (non-hydrogen) atoms. The van der Waals surface area contributed by atoms with Crippen molar-refractivity contribution in [2.45, 2.75) is 103 Å². The van der Waals surface area contributed by atoms with Crippen molar-refractivity contribution in [2.75, 3.05) is 6.61 Å². The molecule has 0 N–H and O–H groups in total. The van der Waals surface area contributed by atoms with Crippen LogP contribution in [0.3, 0.4) is 0 Å². The number of carbonyl (C=O) groups is 1. The maximum absolute atomic E-state index is 12.6. The zero-order valence-corrected chi connectivity index (χ0v) is 22.1. The first kappa shape index (κ1) is 27.0. The molecule has 0 spiro atoms. The maximum Gasteiger partial charge on any atom is 0.333 e. The zero-order valence-electron chi connectivity index (χ0n) is 22.1. The average Bonchev–Trinajstić information content (AvgIpc) is 2.90. The molecule has 2 aromatic carbocycles. The van der Waals surface area contributed by atoms with Gasteiger partial charge in [0.2, 0.25) is 0 Å². The Balaban J connectivity index is 1.47. The van der Waals surface area contributed by atoms with Crippen LogP contribution < -0.4 is 4.74 Å². The number of ether oxygens (including phenoxy) is 2. The molecule has 190 valence electrons. The second-order valence-electron chi connectivity index (χ2n) is 9.97. The van der Waals surface area contributed by atoms with Gasteiger partial charge in [-0.25, -0.2) is 4.79 Å². The summed E-state index contributed by atoms with van der Waals surface area (Å²) in [6, 6.07) is 17.3. The highest BCUT2D eigenvalue weighted by Gasteiger charge is 2.22. The molecule has 0 aromatic heterocycles. The van der Waals surface area contributed by atoms with Gasteiger partial charge in [-0.15, -0.1) is 0 Å². The summed E-state index contributed by atoms with van der Waals surface area (Å²) in [7, 11) is 0. The molecule has 1 aliphatic carbocycles. The van der Waals surface area contributed by atoms with Crippen molar-refractivity contribution in [3.8, 4) is 16.9 Å². The topological polar surface area (TPSA) is 35.5 Å². The number of allylic oxidation sites excluding steroid dienone is 1. The van der Waals surface area contributed by atoms with E-state index in [1.54, 1.807) is 0 Å². The highest BCUT2D eigenvalue weighted by Crippen LogP contribution is 2.34. The minimum Gasteiger partial charge on any atom is -0.494 e. The Kier molecular flexibility index (Phi) is 11.4. The molecule has 0 fully saturated rings. The van der Waals surface area contributed by atoms with Gasteiger partial charge in [0.05, 0.1) is 12.7 Å². The van der Waals surface area contributed by atoms with Crippen LogP contribution >= 0.6 is 0 Å². The van der Waals surface area contributed by atoms with Crippen molar-refractivity contribution < 1.29 is 14.3 Å². The van der Waals surface area contributed by atoms with E-state index in [1.165, 1.54) is 48.8 Å². The summed E-state index contributed by atoms with van der Waals surface area (Å²) in [6.07, 6.45) is 14.1. The summed E-state index contributed by atoms with van der Waals surface area (Å²) in [5, 5.41) is 0. The normalized spacial score (nSPS) is 16.4. The Morgan fingerprint density at radius 2 is 1.54 bits per heavy atom. The molecular weight excluding hydrogens is 432 g/mol. The number of hydrogen-bond donors (Lipinski definition) is 0. The second-order valence-corrected chi connectivity index (χ2v) is 9.97. The van der Waals surface area contributed by atoms with Gasteiger partial charge in [-0.05, 0) is 80.2 Å². The summed E-state index contributed by atoms with van der Waals surface area (Å²) in [6.45, 7) is 7.22. The molecule has 2 unspecified atom stereocenters. The fourth-order valence-corrected chi connectivity index (χ4v) is 4.73. The minimum absolute atomic E-state index is 0.00668. The molecule has 0 saturated heterocycles. The quantitative estimate of drug-likeness (QED) is 0.201. The number of carbonyl (C=O) groups excluding carboxylic acids is 1. The Morgan fingerprint density at radius 1 is 0.886 bits per heavy atom. The molecular formula is C32H44O3. The summed E-state index contributed by atoms with van der Waals surface area (Å²) < 4.78 is 11.5. The van der Waals surface area contributed by atoms with Crippen molar-refractivity contribution in [1.29, 1.82) is 0 Å². The smallest absolute Gasteiger partial charge is 0.333 e. The molecule has 2 atom stereocenters. The Labute approximate surface area is 212 Å². The maximum atomic E-state index is 12.6. The van der Waals surface area contributed by atoms with E-state index in [9.17, 15) is 4.79 Å². The lowest BCUT2D eigenvalue weighted by atomic mass is 9.84. The lowest BCUT2D eigenvalue weighted by Gasteiger charge is -2.23. The van der Waals surface area contributed by atoms with Gasteiger partial charge in [-0.1, -0.05) is 88.4 Å². The third kappa shape index (κ3) is 8.87. The first-order valence-electron chi connectivity index (χ1n) is 13.8.